The molecule has 2 aliphatic heterocycles. The number of carboxylic acids is 1. The van der Waals surface area contributed by atoms with Crippen LogP contribution in [0.2, 0.25) is 0 Å². The van der Waals surface area contributed by atoms with E-state index < -0.39 is 18.1 Å². The van der Waals surface area contributed by atoms with Crippen LogP contribution >= 0.6 is 0 Å². The Bertz CT molecular complexity index is 1210. The molecule has 2 aliphatic rings. The maximum atomic E-state index is 12.3. The van der Waals surface area contributed by atoms with E-state index in [0.717, 1.165) is 31.2 Å². The molecule has 0 saturated heterocycles. The lowest BCUT2D eigenvalue weighted by Crippen LogP contribution is -2.38. The number of carboxylic acid groups (broad SMARTS) is 1. The Labute approximate surface area is 253 Å². The first-order valence-corrected chi connectivity index (χ1v) is 14.5. The summed E-state index contributed by atoms with van der Waals surface area (Å²) in [6.45, 7) is 6.96. The molecule has 2 aromatic carbocycles. The van der Waals surface area contributed by atoms with E-state index in [1.54, 1.807) is 13.1 Å². The van der Waals surface area contributed by atoms with Gasteiger partial charge in [0.05, 0.1) is 18.7 Å². The van der Waals surface area contributed by atoms with Gasteiger partial charge in [-0.15, -0.1) is 0 Å². The zero-order valence-corrected chi connectivity index (χ0v) is 25.3. The number of carbonyl (C=O) groups is 4. The van der Waals surface area contributed by atoms with Gasteiger partial charge in [0.1, 0.15) is 11.8 Å². The second-order valence-corrected chi connectivity index (χ2v) is 10.3. The largest absolute Gasteiger partial charge is 0.480 e. The van der Waals surface area contributed by atoms with E-state index in [-0.39, 0.29) is 30.1 Å². The average Bonchev–Trinajstić information content (AvgIpc) is 3.71. The van der Waals surface area contributed by atoms with Crippen LogP contribution in [0.15, 0.2) is 70.9 Å². The number of Topliss-reactive ketones (excluding diaryl/α,β-unsaturated/α-hetero) is 1. The highest BCUT2D eigenvalue weighted by Gasteiger charge is 2.31. The van der Waals surface area contributed by atoms with Crippen LogP contribution in [0.5, 0.6) is 0 Å². The molecule has 4 rings (SSSR count). The SMILES string of the molecule is C1=NNC(c2ccccc2)C1.CC(=O)C[C@H](C)C(=O)N1N=CCC1c1ccccc1.CCCCOC(=O)N[C@H](C)C(=O)O. The summed E-state index contributed by atoms with van der Waals surface area (Å²) in [5.74, 6) is -1.45. The number of alkyl carbamates (subject to hydrolysis) is 1. The van der Waals surface area contributed by atoms with Crippen molar-refractivity contribution >= 4 is 36.2 Å². The molecule has 2 amide bonds. The highest BCUT2D eigenvalue weighted by atomic mass is 16.5. The monoisotopic (exact) mass is 593 g/mol. The fourth-order valence-corrected chi connectivity index (χ4v) is 4.16. The van der Waals surface area contributed by atoms with E-state index >= 15 is 0 Å². The Morgan fingerprint density at radius 2 is 1.63 bits per heavy atom. The predicted octanol–water partition coefficient (Wildman–Crippen LogP) is 5.25. The molecule has 232 valence electrons. The van der Waals surface area contributed by atoms with Crippen molar-refractivity contribution in [2.75, 3.05) is 6.61 Å². The van der Waals surface area contributed by atoms with E-state index in [0.29, 0.717) is 12.6 Å². The van der Waals surface area contributed by atoms with Gasteiger partial charge in [0, 0.05) is 37.6 Å². The summed E-state index contributed by atoms with van der Waals surface area (Å²) < 4.78 is 4.69. The highest BCUT2D eigenvalue weighted by Crippen LogP contribution is 2.29. The summed E-state index contributed by atoms with van der Waals surface area (Å²) in [5, 5.41) is 20.3. The van der Waals surface area contributed by atoms with Gasteiger partial charge < -0.3 is 25.4 Å². The molecule has 2 unspecified atom stereocenters. The summed E-state index contributed by atoms with van der Waals surface area (Å²) in [6.07, 6.45) is 6.71. The number of unbranched alkanes of at least 4 members (excludes halogenated alkanes) is 1. The molecule has 43 heavy (non-hydrogen) atoms. The Kier molecular flexibility index (Phi) is 15.2. The van der Waals surface area contributed by atoms with Gasteiger partial charge in [-0.2, -0.15) is 10.2 Å². The molecule has 0 spiro atoms. The number of hydrogen-bond acceptors (Lipinski definition) is 8. The third kappa shape index (κ3) is 12.5. The van der Waals surface area contributed by atoms with Crippen LogP contribution in [0.1, 0.15) is 83.0 Å². The molecule has 2 aromatic rings. The van der Waals surface area contributed by atoms with E-state index in [4.69, 9.17) is 5.11 Å². The Hall–Kier alpha value is -4.54. The van der Waals surface area contributed by atoms with Crippen molar-refractivity contribution in [3.05, 3.63) is 71.8 Å². The molecule has 0 aliphatic carbocycles. The third-order valence-corrected chi connectivity index (χ3v) is 6.56. The van der Waals surface area contributed by atoms with Crippen LogP contribution in [0.3, 0.4) is 0 Å². The molecule has 11 heteroatoms. The minimum atomic E-state index is -1.08. The minimum Gasteiger partial charge on any atom is -0.480 e. The Morgan fingerprint density at radius 3 is 2.16 bits per heavy atom. The summed E-state index contributed by atoms with van der Waals surface area (Å²) in [4.78, 5) is 44.6. The molecule has 0 radical (unpaired) electrons. The second-order valence-electron chi connectivity index (χ2n) is 10.3. The molecule has 2 heterocycles. The lowest BCUT2D eigenvalue weighted by atomic mass is 10.0. The van der Waals surface area contributed by atoms with Crippen molar-refractivity contribution in [3.8, 4) is 0 Å². The first-order valence-electron chi connectivity index (χ1n) is 14.5. The van der Waals surface area contributed by atoms with Gasteiger partial charge in [0.25, 0.3) is 0 Å². The molecule has 4 atom stereocenters. The molecule has 11 nitrogen and oxygen atoms in total. The first kappa shape index (κ1) is 34.7. The minimum absolute atomic E-state index is 0.0280. The molecule has 0 fully saturated rings. The van der Waals surface area contributed by atoms with Crippen molar-refractivity contribution in [2.45, 2.75) is 77.9 Å². The van der Waals surface area contributed by atoms with Crippen LogP contribution < -0.4 is 10.7 Å². The number of ketones is 1. The van der Waals surface area contributed by atoms with Crippen molar-refractivity contribution in [1.29, 1.82) is 0 Å². The number of nitrogens with one attached hydrogen (secondary N) is 2. The lowest BCUT2D eigenvalue weighted by molar-refractivity contribution is -0.139. The van der Waals surface area contributed by atoms with Gasteiger partial charge in [-0.05, 0) is 31.4 Å². The number of carbonyl (C=O) groups excluding carboxylic acids is 3. The van der Waals surface area contributed by atoms with Crippen molar-refractivity contribution in [3.63, 3.8) is 0 Å². The average molecular weight is 594 g/mol. The van der Waals surface area contributed by atoms with Gasteiger partial charge in [-0.3, -0.25) is 9.59 Å². The number of ether oxygens (including phenoxy) is 1. The third-order valence-electron chi connectivity index (χ3n) is 6.56. The molecule has 3 N–H and O–H groups in total. The van der Waals surface area contributed by atoms with Crippen LogP contribution in [0.4, 0.5) is 4.79 Å². The Balaban J connectivity index is 0.000000236. The van der Waals surface area contributed by atoms with Gasteiger partial charge >= 0.3 is 12.1 Å². The molecule has 0 aromatic heterocycles. The predicted molar refractivity (Wildman–Crippen MR) is 166 cm³/mol. The number of amides is 2. The highest BCUT2D eigenvalue weighted by molar-refractivity contribution is 5.86. The number of hydrazone groups is 2. The first-order chi connectivity index (χ1) is 20.6. The fraction of sp³-hybridized carbons (Fsp3) is 0.438. The summed E-state index contributed by atoms with van der Waals surface area (Å²) >= 11 is 0. The maximum absolute atomic E-state index is 12.3. The molecular formula is C32H43N5O6. The van der Waals surface area contributed by atoms with Crippen molar-refractivity contribution < 1.29 is 29.0 Å². The van der Waals surface area contributed by atoms with Crippen molar-refractivity contribution in [1.82, 2.24) is 15.8 Å². The fourth-order valence-electron chi connectivity index (χ4n) is 4.16. The Morgan fingerprint density at radius 1 is 1.00 bits per heavy atom. The molecular weight excluding hydrogens is 550 g/mol. The van der Waals surface area contributed by atoms with Crippen LogP contribution in [0, 0.1) is 5.92 Å². The van der Waals surface area contributed by atoms with E-state index in [2.05, 4.69) is 49.9 Å². The van der Waals surface area contributed by atoms with Crippen LogP contribution in [0.25, 0.3) is 0 Å². The van der Waals surface area contributed by atoms with Gasteiger partial charge in [-0.25, -0.2) is 9.80 Å². The smallest absolute Gasteiger partial charge is 0.407 e. The number of aliphatic carboxylic acids is 1. The topological polar surface area (TPSA) is 150 Å². The second kappa shape index (κ2) is 18.8. The maximum Gasteiger partial charge on any atom is 0.407 e. The standard InChI is InChI=1S/C15H18N2O2.C9H10N2.C8H15NO4/c1-11(10-12(2)18)15(19)17-14(8-9-16-17)13-6-4-3-5-7-13;1-2-4-8(5-3-1)9-6-7-10-11-9;1-3-4-5-13-8(12)9-6(2)7(10)11/h3-7,9,11,14H,8,10H2,1-2H3;1-5,7,9,11H,6H2;6H,3-5H2,1-2H3,(H,9,12)(H,10,11)/t11-,14?;;6-/m0.1/s1. The van der Waals surface area contributed by atoms with Crippen LogP contribution in [-0.2, 0) is 19.1 Å². The number of hydrogen-bond donors (Lipinski definition) is 3. The number of benzene rings is 2. The van der Waals surface area contributed by atoms with Crippen molar-refractivity contribution in [2.24, 2.45) is 16.1 Å². The van der Waals surface area contributed by atoms with Gasteiger partial charge in [0.15, 0.2) is 0 Å². The quantitative estimate of drug-likeness (QED) is 0.318. The number of nitrogens with zero attached hydrogens (tertiary/aromatic N) is 3. The van der Waals surface area contributed by atoms with E-state index in [1.165, 1.54) is 24.4 Å². The normalized spacial score (nSPS) is 17.7. The van der Waals surface area contributed by atoms with E-state index in [1.807, 2.05) is 49.5 Å². The van der Waals surface area contributed by atoms with Gasteiger partial charge in [-0.1, -0.05) is 80.9 Å². The summed E-state index contributed by atoms with van der Waals surface area (Å²) in [6, 6.07) is 19.7. The van der Waals surface area contributed by atoms with Crippen LogP contribution in [-0.4, -0.2) is 58.9 Å². The molecule has 0 saturated carbocycles. The zero-order valence-electron chi connectivity index (χ0n) is 25.3. The molecule has 0 bridgehead atoms. The van der Waals surface area contributed by atoms with E-state index in [9.17, 15) is 19.2 Å². The van der Waals surface area contributed by atoms with Gasteiger partial charge in [0.2, 0.25) is 5.91 Å². The number of rotatable bonds is 10. The summed E-state index contributed by atoms with van der Waals surface area (Å²) in [5.41, 5.74) is 5.43. The summed E-state index contributed by atoms with van der Waals surface area (Å²) in [7, 11) is 0. The lowest BCUT2D eigenvalue weighted by Gasteiger charge is -2.24. The zero-order chi connectivity index (χ0) is 31.6.